The molecule has 4 aromatic rings. The van der Waals surface area contributed by atoms with Crippen molar-refractivity contribution in [3.63, 3.8) is 0 Å². The highest BCUT2D eigenvalue weighted by Gasteiger charge is 2.30. The van der Waals surface area contributed by atoms with E-state index in [4.69, 9.17) is 14.5 Å². The summed E-state index contributed by atoms with van der Waals surface area (Å²) in [6.45, 7) is 5.61. The number of ether oxygens (including phenoxy) is 2. The molecule has 8 heteroatoms. The normalized spacial score (nSPS) is 16.3. The van der Waals surface area contributed by atoms with E-state index >= 15 is 0 Å². The first kappa shape index (κ1) is 21.2. The molecule has 1 aliphatic rings. The molecule has 170 valence electrons. The quantitative estimate of drug-likeness (QED) is 0.429. The monoisotopic (exact) mass is 445 g/mol. The van der Waals surface area contributed by atoms with Crippen LogP contribution in [0.25, 0.3) is 27.9 Å². The lowest BCUT2D eigenvalue weighted by molar-refractivity contribution is -0.148. The standard InChI is InChI=1S/C25H27N5O3/c1-4-33-24(31)17-8-7-13-29(15-17)25-26-20-12-11-16(2)14-19(20)23-28-27-22(30(23)25)18-9-5-6-10-21(18)32-3/h5-6,9-12,14,17H,4,7-8,13,15H2,1-3H3/t17-/m1/s1. The molecule has 0 N–H and O–H groups in total. The van der Waals surface area contributed by atoms with Crippen LogP contribution >= 0.6 is 0 Å². The molecule has 2 aromatic carbocycles. The van der Waals surface area contributed by atoms with Crippen LogP contribution in [0.15, 0.2) is 42.5 Å². The zero-order chi connectivity index (χ0) is 22.9. The summed E-state index contributed by atoms with van der Waals surface area (Å²) in [5.74, 6) is 1.76. The minimum Gasteiger partial charge on any atom is -0.496 e. The Morgan fingerprint density at radius 2 is 2.03 bits per heavy atom. The second-order valence-electron chi connectivity index (χ2n) is 8.35. The Bertz CT molecular complexity index is 1330. The fourth-order valence-electron chi connectivity index (χ4n) is 4.56. The van der Waals surface area contributed by atoms with Gasteiger partial charge < -0.3 is 14.4 Å². The van der Waals surface area contributed by atoms with Gasteiger partial charge in [-0.15, -0.1) is 10.2 Å². The molecule has 1 aliphatic heterocycles. The minimum absolute atomic E-state index is 0.149. The van der Waals surface area contributed by atoms with E-state index in [2.05, 4.69) is 28.1 Å². The highest BCUT2D eigenvalue weighted by Crippen LogP contribution is 2.34. The van der Waals surface area contributed by atoms with Crippen molar-refractivity contribution in [1.29, 1.82) is 0 Å². The third-order valence-corrected chi connectivity index (χ3v) is 6.15. The Morgan fingerprint density at radius 3 is 2.85 bits per heavy atom. The Hall–Kier alpha value is -3.68. The Labute approximate surface area is 192 Å². The molecular weight excluding hydrogens is 418 g/mol. The van der Waals surface area contributed by atoms with Crippen molar-refractivity contribution in [2.45, 2.75) is 26.7 Å². The van der Waals surface area contributed by atoms with Crippen LogP contribution in [0.2, 0.25) is 0 Å². The van der Waals surface area contributed by atoms with Gasteiger partial charge in [0.25, 0.3) is 0 Å². The first-order chi connectivity index (χ1) is 16.1. The van der Waals surface area contributed by atoms with Gasteiger partial charge in [-0.25, -0.2) is 9.38 Å². The number of hydrogen-bond acceptors (Lipinski definition) is 7. The zero-order valence-electron chi connectivity index (χ0n) is 19.1. The number of methoxy groups -OCH3 is 1. The van der Waals surface area contributed by atoms with Gasteiger partial charge in [0.15, 0.2) is 11.5 Å². The topological polar surface area (TPSA) is 81.9 Å². The summed E-state index contributed by atoms with van der Waals surface area (Å²) in [5, 5.41) is 10.1. The van der Waals surface area contributed by atoms with Crippen LogP contribution in [0.4, 0.5) is 5.95 Å². The number of carbonyl (C=O) groups is 1. The molecule has 0 radical (unpaired) electrons. The maximum atomic E-state index is 12.5. The Balaban J connectivity index is 1.72. The molecule has 2 aromatic heterocycles. The predicted octanol–water partition coefficient (Wildman–Crippen LogP) is 4.04. The summed E-state index contributed by atoms with van der Waals surface area (Å²) in [6.07, 6.45) is 1.69. The zero-order valence-corrected chi connectivity index (χ0v) is 19.1. The van der Waals surface area contributed by atoms with Crippen LogP contribution in [0, 0.1) is 12.8 Å². The average Bonchev–Trinajstić information content (AvgIpc) is 3.29. The van der Waals surface area contributed by atoms with Crippen LogP contribution < -0.4 is 9.64 Å². The van der Waals surface area contributed by atoms with Gasteiger partial charge in [-0.2, -0.15) is 0 Å². The smallest absolute Gasteiger partial charge is 0.310 e. The van der Waals surface area contributed by atoms with Gasteiger partial charge in [-0.3, -0.25) is 4.79 Å². The van der Waals surface area contributed by atoms with Crippen molar-refractivity contribution in [2.75, 3.05) is 31.7 Å². The van der Waals surface area contributed by atoms with Crippen LogP contribution in [0.3, 0.4) is 0 Å². The molecule has 0 spiro atoms. The number of hydrogen-bond donors (Lipinski definition) is 0. The molecule has 1 atom stereocenters. The molecule has 0 saturated carbocycles. The lowest BCUT2D eigenvalue weighted by Crippen LogP contribution is -2.40. The number of aromatic nitrogens is 4. The maximum Gasteiger partial charge on any atom is 0.310 e. The van der Waals surface area contributed by atoms with Gasteiger partial charge in [-0.1, -0.05) is 23.8 Å². The number of benzene rings is 2. The van der Waals surface area contributed by atoms with Crippen molar-refractivity contribution in [3.05, 3.63) is 48.0 Å². The van der Waals surface area contributed by atoms with E-state index < -0.39 is 0 Å². The van der Waals surface area contributed by atoms with Gasteiger partial charge in [0, 0.05) is 18.5 Å². The van der Waals surface area contributed by atoms with E-state index in [1.165, 1.54) is 0 Å². The summed E-state index contributed by atoms with van der Waals surface area (Å²) < 4.78 is 12.9. The molecule has 33 heavy (non-hydrogen) atoms. The molecule has 0 aliphatic carbocycles. The third kappa shape index (κ3) is 3.75. The lowest BCUT2D eigenvalue weighted by atomic mass is 9.98. The molecule has 1 saturated heterocycles. The van der Waals surface area contributed by atoms with Gasteiger partial charge in [0.2, 0.25) is 5.95 Å². The number of piperidine rings is 1. The van der Waals surface area contributed by atoms with Gasteiger partial charge >= 0.3 is 5.97 Å². The molecule has 0 unspecified atom stereocenters. The summed E-state index contributed by atoms with van der Waals surface area (Å²) in [5.41, 5.74) is 3.54. The van der Waals surface area contributed by atoms with E-state index in [9.17, 15) is 4.79 Å². The van der Waals surface area contributed by atoms with E-state index in [0.717, 1.165) is 53.0 Å². The number of fused-ring (bicyclic) bond motifs is 3. The van der Waals surface area contributed by atoms with Crippen LogP contribution in [-0.2, 0) is 9.53 Å². The number of esters is 1. The highest BCUT2D eigenvalue weighted by molar-refractivity contribution is 5.94. The number of carbonyl (C=O) groups excluding carboxylic acids is 1. The Morgan fingerprint density at radius 1 is 1.18 bits per heavy atom. The molecule has 3 heterocycles. The summed E-state index contributed by atoms with van der Waals surface area (Å²) in [6, 6.07) is 13.9. The predicted molar refractivity (Wildman–Crippen MR) is 127 cm³/mol. The molecular formula is C25H27N5O3. The van der Waals surface area contributed by atoms with Crippen molar-refractivity contribution < 1.29 is 14.3 Å². The number of aryl methyl sites for hydroxylation is 1. The second-order valence-corrected chi connectivity index (χ2v) is 8.35. The SMILES string of the molecule is CCOC(=O)[C@@H]1CCCN(c2nc3ccc(C)cc3c3nnc(-c4ccccc4OC)n23)C1. The van der Waals surface area contributed by atoms with E-state index in [-0.39, 0.29) is 11.9 Å². The van der Waals surface area contributed by atoms with Gasteiger partial charge in [0.1, 0.15) is 5.75 Å². The number of anilines is 1. The number of para-hydroxylation sites is 1. The molecule has 0 bridgehead atoms. The van der Waals surface area contributed by atoms with Gasteiger partial charge in [-0.05, 0) is 51.0 Å². The fraction of sp³-hybridized carbons (Fsp3) is 0.360. The molecule has 0 amide bonds. The number of nitrogens with zero attached hydrogens (tertiary/aromatic N) is 5. The fourth-order valence-corrected chi connectivity index (χ4v) is 4.56. The lowest BCUT2D eigenvalue weighted by Gasteiger charge is -2.32. The Kier molecular flexibility index (Phi) is 5.58. The largest absolute Gasteiger partial charge is 0.496 e. The van der Waals surface area contributed by atoms with Gasteiger partial charge in [0.05, 0.1) is 30.7 Å². The summed E-state index contributed by atoms with van der Waals surface area (Å²) in [4.78, 5) is 19.7. The molecule has 8 nitrogen and oxygen atoms in total. The van der Waals surface area contributed by atoms with E-state index in [0.29, 0.717) is 24.7 Å². The maximum absolute atomic E-state index is 12.5. The highest BCUT2D eigenvalue weighted by atomic mass is 16.5. The molecule has 5 rings (SSSR count). The number of rotatable bonds is 5. The minimum atomic E-state index is -0.185. The van der Waals surface area contributed by atoms with Crippen molar-refractivity contribution in [3.8, 4) is 17.1 Å². The van der Waals surface area contributed by atoms with Crippen LogP contribution in [0.5, 0.6) is 5.75 Å². The van der Waals surface area contributed by atoms with Crippen molar-refractivity contribution >= 4 is 28.5 Å². The third-order valence-electron chi connectivity index (χ3n) is 6.15. The first-order valence-electron chi connectivity index (χ1n) is 11.3. The van der Waals surface area contributed by atoms with E-state index in [1.807, 2.05) is 47.7 Å². The second kappa shape index (κ2) is 8.69. The van der Waals surface area contributed by atoms with Crippen LogP contribution in [0.1, 0.15) is 25.3 Å². The van der Waals surface area contributed by atoms with Crippen molar-refractivity contribution in [2.24, 2.45) is 5.92 Å². The summed E-state index contributed by atoms with van der Waals surface area (Å²) in [7, 11) is 1.65. The first-order valence-corrected chi connectivity index (χ1v) is 11.3. The van der Waals surface area contributed by atoms with Crippen molar-refractivity contribution in [1.82, 2.24) is 19.6 Å². The summed E-state index contributed by atoms with van der Waals surface area (Å²) >= 11 is 0. The molecule has 1 fully saturated rings. The van der Waals surface area contributed by atoms with E-state index in [1.54, 1.807) is 7.11 Å². The van der Waals surface area contributed by atoms with Crippen LogP contribution in [-0.4, -0.2) is 52.4 Å². The average molecular weight is 446 g/mol.